The second-order valence-corrected chi connectivity index (χ2v) is 6.35. The summed E-state index contributed by atoms with van der Waals surface area (Å²) in [7, 11) is 1.55. The van der Waals surface area contributed by atoms with Crippen molar-refractivity contribution in [3.05, 3.63) is 47.5 Å². The first-order chi connectivity index (χ1) is 12.6. The minimum atomic E-state index is -4.78. The third-order valence-electron chi connectivity index (χ3n) is 4.19. The van der Waals surface area contributed by atoms with Gasteiger partial charge in [0.25, 0.3) is 0 Å². The number of aromatic nitrogens is 3. The van der Waals surface area contributed by atoms with Crippen molar-refractivity contribution in [2.24, 2.45) is 0 Å². The molecule has 9 heteroatoms. The molecule has 2 heterocycles. The van der Waals surface area contributed by atoms with Gasteiger partial charge in [-0.05, 0) is 32.0 Å². The number of H-pyrrole nitrogens is 1. The van der Waals surface area contributed by atoms with Crippen LogP contribution in [0.3, 0.4) is 0 Å². The van der Waals surface area contributed by atoms with Gasteiger partial charge in [0.05, 0.1) is 23.8 Å². The van der Waals surface area contributed by atoms with Crippen LogP contribution in [0.5, 0.6) is 11.5 Å². The number of aliphatic hydroxyl groups is 1. The Labute approximate surface area is 153 Å². The average Bonchev–Trinajstić information content (AvgIpc) is 2.99. The van der Waals surface area contributed by atoms with Gasteiger partial charge in [-0.15, -0.1) is 13.2 Å². The van der Waals surface area contributed by atoms with E-state index in [1.165, 1.54) is 18.2 Å². The predicted molar refractivity (Wildman–Crippen MR) is 91.6 cm³/mol. The van der Waals surface area contributed by atoms with E-state index in [1.807, 2.05) is 6.92 Å². The van der Waals surface area contributed by atoms with Crippen LogP contribution in [0.1, 0.15) is 24.0 Å². The fourth-order valence-electron chi connectivity index (χ4n) is 2.81. The molecule has 0 aliphatic heterocycles. The number of pyridine rings is 1. The number of imidazole rings is 1. The number of benzene rings is 1. The Kier molecular flexibility index (Phi) is 4.73. The van der Waals surface area contributed by atoms with Crippen LogP contribution in [0.4, 0.5) is 13.2 Å². The molecule has 6 nitrogen and oxygen atoms in total. The first-order valence-corrected chi connectivity index (χ1v) is 8.06. The lowest BCUT2D eigenvalue weighted by atomic mass is 9.96. The number of aromatic amines is 1. The fourth-order valence-corrected chi connectivity index (χ4v) is 2.81. The molecule has 1 aromatic carbocycles. The Morgan fingerprint density at radius 3 is 2.63 bits per heavy atom. The molecule has 2 N–H and O–H groups in total. The highest BCUT2D eigenvalue weighted by molar-refractivity contribution is 5.77. The van der Waals surface area contributed by atoms with Crippen molar-refractivity contribution in [3.63, 3.8) is 0 Å². The van der Waals surface area contributed by atoms with Crippen LogP contribution in [0, 0.1) is 6.92 Å². The Hall–Kier alpha value is -2.81. The maximum atomic E-state index is 12.4. The molecular formula is C18H18F3N3O3. The van der Waals surface area contributed by atoms with Gasteiger partial charge in [0.15, 0.2) is 0 Å². The molecule has 0 radical (unpaired) electrons. The van der Waals surface area contributed by atoms with Gasteiger partial charge in [0.2, 0.25) is 0 Å². The van der Waals surface area contributed by atoms with Gasteiger partial charge in [0, 0.05) is 24.2 Å². The van der Waals surface area contributed by atoms with Crippen molar-refractivity contribution in [1.29, 1.82) is 0 Å². The number of halogens is 3. The number of alkyl halides is 3. The summed E-state index contributed by atoms with van der Waals surface area (Å²) in [5, 5.41) is 10.9. The van der Waals surface area contributed by atoms with Crippen LogP contribution >= 0.6 is 0 Å². The molecule has 0 amide bonds. The summed E-state index contributed by atoms with van der Waals surface area (Å²) in [6, 6.07) is 5.46. The van der Waals surface area contributed by atoms with Gasteiger partial charge >= 0.3 is 6.36 Å². The Morgan fingerprint density at radius 1 is 1.22 bits per heavy atom. The molecule has 3 rings (SSSR count). The van der Waals surface area contributed by atoms with Gasteiger partial charge in [-0.1, -0.05) is 0 Å². The number of hydrogen-bond donors (Lipinski definition) is 2. The van der Waals surface area contributed by atoms with E-state index in [9.17, 15) is 18.3 Å². The topological polar surface area (TPSA) is 80.3 Å². The van der Waals surface area contributed by atoms with Crippen LogP contribution < -0.4 is 9.47 Å². The van der Waals surface area contributed by atoms with Crippen molar-refractivity contribution in [1.82, 2.24) is 15.0 Å². The van der Waals surface area contributed by atoms with Crippen molar-refractivity contribution >= 4 is 11.0 Å². The number of rotatable bonds is 5. The van der Waals surface area contributed by atoms with E-state index in [0.29, 0.717) is 22.5 Å². The molecule has 1 unspecified atom stereocenters. The van der Waals surface area contributed by atoms with Gasteiger partial charge in [-0.25, -0.2) is 4.98 Å². The van der Waals surface area contributed by atoms with E-state index < -0.39 is 12.0 Å². The Morgan fingerprint density at radius 2 is 1.96 bits per heavy atom. The lowest BCUT2D eigenvalue weighted by Gasteiger charge is -2.21. The first-order valence-electron chi connectivity index (χ1n) is 8.06. The molecule has 0 saturated carbocycles. The summed E-state index contributed by atoms with van der Waals surface area (Å²) in [5.41, 5.74) is 0.726. The SMILES string of the molecule is COc1ccnc(CC(C)(O)c2nc3ccc(OC(F)(F)F)cc3[nH]2)c1C. The summed E-state index contributed by atoms with van der Waals surface area (Å²) in [4.78, 5) is 11.4. The van der Waals surface area contributed by atoms with Crippen molar-refractivity contribution in [3.8, 4) is 11.5 Å². The van der Waals surface area contributed by atoms with Crippen LogP contribution in [0.2, 0.25) is 0 Å². The third kappa shape index (κ3) is 4.13. The summed E-state index contributed by atoms with van der Waals surface area (Å²) >= 11 is 0. The van der Waals surface area contributed by atoms with Gasteiger partial charge in [0.1, 0.15) is 22.9 Å². The largest absolute Gasteiger partial charge is 0.573 e. The van der Waals surface area contributed by atoms with Gasteiger partial charge in [-0.2, -0.15) is 0 Å². The summed E-state index contributed by atoms with van der Waals surface area (Å²) in [6.45, 7) is 3.38. The van der Waals surface area contributed by atoms with Crippen molar-refractivity contribution < 1.29 is 27.8 Å². The van der Waals surface area contributed by atoms with Gasteiger partial charge in [-0.3, -0.25) is 4.98 Å². The zero-order valence-corrected chi connectivity index (χ0v) is 14.9. The quantitative estimate of drug-likeness (QED) is 0.706. The van der Waals surface area contributed by atoms with E-state index in [-0.39, 0.29) is 18.0 Å². The molecule has 0 aliphatic carbocycles. The van der Waals surface area contributed by atoms with Crippen molar-refractivity contribution in [2.75, 3.05) is 7.11 Å². The standard InChI is InChI=1S/C18H18F3N3O3/c1-10-14(22-7-6-15(10)26-3)9-17(2,25)16-23-12-5-4-11(8-13(12)24-16)27-18(19,20)21/h4-8,25H,9H2,1-3H3,(H,23,24). The molecular weight excluding hydrogens is 363 g/mol. The summed E-state index contributed by atoms with van der Waals surface area (Å²) < 4.78 is 46.3. The Bertz CT molecular complexity index is 967. The number of ether oxygens (including phenoxy) is 2. The summed E-state index contributed by atoms with van der Waals surface area (Å²) in [6.07, 6.45) is -3.06. The number of fused-ring (bicyclic) bond motifs is 1. The molecule has 3 aromatic rings. The van der Waals surface area contributed by atoms with Crippen LogP contribution in [-0.4, -0.2) is 33.5 Å². The second-order valence-electron chi connectivity index (χ2n) is 6.35. The molecule has 2 aromatic heterocycles. The number of methoxy groups -OCH3 is 1. The molecule has 27 heavy (non-hydrogen) atoms. The van der Waals surface area contributed by atoms with E-state index >= 15 is 0 Å². The fraction of sp³-hybridized carbons (Fsp3) is 0.333. The van der Waals surface area contributed by atoms with E-state index in [2.05, 4.69) is 19.7 Å². The van der Waals surface area contributed by atoms with Crippen LogP contribution in [0.25, 0.3) is 11.0 Å². The molecule has 0 saturated heterocycles. The highest BCUT2D eigenvalue weighted by atomic mass is 19.4. The predicted octanol–water partition coefficient (Wildman–Crippen LogP) is 3.62. The zero-order valence-electron chi connectivity index (χ0n) is 14.9. The molecule has 0 fully saturated rings. The van der Waals surface area contributed by atoms with Crippen LogP contribution in [-0.2, 0) is 12.0 Å². The average molecular weight is 381 g/mol. The smallest absolute Gasteiger partial charge is 0.496 e. The minimum Gasteiger partial charge on any atom is -0.496 e. The summed E-state index contributed by atoms with van der Waals surface area (Å²) in [5.74, 6) is 0.496. The second kappa shape index (κ2) is 6.73. The van der Waals surface area contributed by atoms with E-state index in [0.717, 1.165) is 5.56 Å². The lowest BCUT2D eigenvalue weighted by molar-refractivity contribution is -0.274. The third-order valence-corrected chi connectivity index (χ3v) is 4.19. The zero-order chi connectivity index (χ0) is 19.8. The normalized spacial score (nSPS) is 14.2. The molecule has 0 spiro atoms. The maximum absolute atomic E-state index is 12.4. The minimum absolute atomic E-state index is 0.141. The lowest BCUT2D eigenvalue weighted by Crippen LogP contribution is -2.27. The number of nitrogens with zero attached hydrogens (tertiary/aromatic N) is 2. The molecule has 0 bridgehead atoms. The number of nitrogens with one attached hydrogen (secondary N) is 1. The number of hydrogen-bond acceptors (Lipinski definition) is 5. The van der Waals surface area contributed by atoms with Crippen LogP contribution in [0.15, 0.2) is 30.5 Å². The maximum Gasteiger partial charge on any atom is 0.573 e. The highest BCUT2D eigenvalue weighted by Gasteiger charge is 2.32. The monoisotopic (exact) mass is 381 g/mol. The van der Waals surface area contributed by atoms with E-state index in [1.54, 1.807) is 26.3 Å². The first kappa shape index (κ1) is 19.0. The van der Waals surface area contributed by atoms with Gasteiger partial charge < -0.3 is 19.6 Å². The van der Waals surface area contributed by atoms with E-state index in [4.69, 9.17) is 4.74 Å². The molecule has 144 valence electrons. The molecule has 0 aliphatic rings. The Balaban J connectivity index is 1.91. The highest BCUT2D eigenvalue weighted by Crippen LogP contribution is 2.30. The van der Waals surface area contributed by atoms with Crippen molar-refractivity contribution in [2.45, 2.75) is 32.2 Å². The molecule has 1 atom stereocenters.